The van der Waals surface area contributed by atoms with Crippen LogP contribution in [0, 0.1) is 0 Å². The van der Waals surface area contributed by atoms with Gasteiger partial charge >= 0.3 is 0 Å². The smallest absolute Gasteiger partial charge is 0.254 e. The van der Waals surface area contributed by atoms with Crippen molar-refractivity contribution in [3.63, 3.8) is 0 Å². The molecule has 0 aromatic carbocycles. The van der Waals surface area contributed by atoms with E-state index in [0.717, 1.165) is 70.7 Å². The molecule has 0 radical (unpaired) electrons. The van der Waals surface area contributed by atoms with Crippen LogP contribution < -0.4 is 0 Å². The van der Waals surface area contributed by atoms with Crippen LogP contribution in [-0.2, 0) is 4.74 Å². The van der Waals surface area contributed by atoms with E-state index in [2.05, 4.69) is 16.8 Å². The number of carbonyl (C=O) groups is 1. The second kappa shape index (κ2) is 6.75. The van der Waals surface area contributed by atoms with Crippen molar-refractivity contribution in [2.24, 2.45) is 0 Å². The average molecular weight is 350 g/mol. The van der Waals surface area contributed by atoms with Gasteiger partial charge in [0.25, 0.3) is 5.91 Å². The standard InChI is InChI=1S/C18H27N3O2S/c1-19-7-9-20(10-8-19)16-12-18(23-13-16)3-5-21(6-4-18)17(22)15-2-11-24-14-15/h2,11,14,16H,3-10,12-13H2,1H3/t16-/m1/s1. The average Bonchev–Trinajstić information content (AvgIpc) is 3.26. The highest BCUT2D eigenvalue weighted by Crippen LogP contribution is 2.38. The van der Waals surface area contributed by atoms with Crippen molar-refractivity contribution in [2.45, 2.75) is 30.9 Å². The van der Waals surface area contributed by atoms with Gasteiger partial charge in [0.1, 0.15) is 0 Å². The first kappa shape index (κ1) is 16.5. The van der Waals surface area contributed by atoms with Gasteiger partial charge in [0.15, 0.2) is 0 Å². The lowest BCUT2D eigenvalue weighted by molar-refractivity contribution is -0.0395. The van der Waals surface area contributed by atoms with Crippen LogP contribution >= 0.6 is 11.3 Å². The molecule has 5 nitrogen and oxygen atoms in total. The zero-order chi connectivity index (χ0) is 16.6. The first-order chi connectivity index (χ1) is 11.7. The van der Waals surface area contributed by atoms with E-state index in [9.17, 15) is 4.79 Å². The third-order valence-corrected chi connectivity index (χ3v) is 6.66. The molecule has 132 valence electrons. The Bertz CT molecular complexity index is 561. The van der Waals surface area contributed by atoms with Crippen LogP contribution in [0.1, 0.15) is 29.6 Å². The predicted molar refractivity (Wildman–Crippen MR) is 95.6 cm³/mol. The summed E-state index contributed by atoms with van der Waals surface area (Å²) in [6.45, 7) is 7.14. The van der Waals surface area contributed by atoms with Crippen LogP contribution in [0.25, 0.3) is 0 Å². The maximum absolute atomic E-state index is 12.5. The summed E-state index contributed by atoms with van der Waals surface area (Å²) < 4.78 is 6.30. The van der Waals surface area contributed by atoms with E-state index in [-0.39, 0.29) is 11.5 Å². The monoisotopic (exact) mass is 349 g/mol. The highest BCUT2D eigenvalue weighted by molar-refractivity contribution is 7.08. The molecular formula is C18H27N3O2S. The van der Waals surface area contributed by atoms with Gasteiger partial charge in [0.05, 0.1) is 17.8 Å². The highest BCUT2D eigenvalue weighted by Gasteiger charge is 2.45. The number of nitrogens with zero attached hydrogens (tertiary/aromatic N) is 3. The molecule has 1 amide bonds. The van der Waals surface area contributed by atoms with E-state index in [1.165, 1.54) is 0 Å². The lowest BCUT2D eigenvalue weighted by Crippen LogP contribution is -2.50. The summed E-state index contributed by atoms with van der Waals surface area (Å²) in [6.07, 6.45) is 3.09. The number of amides is 1. The normalized spacial score (nSPS) is 28.5. The van der Waals surface area contributed by atoms with Gasteiger partial charge < -0.3 is 14.5 Å². The van der Waals surface area contributed by atoms with Crippen LogP contribution in [0.3, 0.4) is 0 Å². The third kappa shape index (κ3) is 3.25. The number of piperidine rings is 1. The Hall–Kier alpha value is -0.950. The molecule has 1 spiro atoms. The molecule has 1 aromatic rings. The Morgan fingerprint density at radius 1 is 1.21 bits per heavy atom. The fourth-order valence-corrected chi connectivity index (χ4v) is 4.91. The van der Waals surface area contributed by atoms with Crippen molar-refractivity contribution in [2.75, 3.05) is 52.9 Å². The summed E-state index contributed by atoms with van der Waals surface area (Å²) in [5, 5.41) is 3.92. The van der Waals surface area contributed by atoms with Gasteiger partial charge in [-0.05, 0) is 37.8 Å². The number of thiophene rings is 1. The topological polar surface area (TPSA) is 36.0 Å². The first-order valence-corrected chi connectivity index (χ1v) is 9.98. The summed E-state index contributed by atoms with van der Waals surface area (Å²) >= 11 is 1.59. The Morgan fingerprint density at radius 3 is 2.62 bits per heavy atom. The van der Waals surface area contributed by atoms with Gasteiger partial charge in [-0.3, -0.25) is 9.69 Å². The molecule has 0 saturated carbocycles. The van der Waals surface area contributed by atoms with E-state index in [1.54, 1.807) is 11.3 Å². The van der Waals surface area contributed by atoms with Crippen molar-refractivity contribution in [3.8, 4) is 0 Å². The van der Waals surface area contributed by atoms with E-state index >= 15 is 0 Å². The van der Waals surface area contributed by atoms with Gasteiger partial charge in [0, 0.05) is 50.7 Å². The number of ether oxygens (including phenoxy) is 1. The number of rotatable bonds is 2. The molecule has 0 N–H and O–H groups in total. The van der Waals surface area contributed by atoms with E-state index in [4.69, 9.17) is 4.74 Å². The summed E-state index contributed by atoms with van der Waals surface area (Å²) in [4.78, 5) is 19.5. The number of carbonyl (C=O) groups excluding carboxylic acids is 1. The molecule has 4 heterocycles. The molecule has 1 atom stereocenters. The second-order valence-electron chi connectivity index (χ2n) is 7.50. The van der Waals surface area contributed by atoms with E-state index in [1.807, 2.05) is 21.7 Å². The molecule has 24 heavy (non-hydrogen) atoms. The van der Waals surface area contributed by atoms with Crippen LogP contribution in [0.15, 0.2) is 16.8 Å². The quantitative estimate of drug-likeness (QED) is 0.815. The molecule has 6 heteroatoms. The van der Waals surface area contributed by atoms with Crippen molar-refractivity contribution in [3.05, 3.63) is 22.4 Å². The number of likely N-dealkylation sites (tertiary alicyclic amines) is 1. The Kier molecular flexibility index (Phi) is 4.64. The van der Waals surface area contributed by atoms with Crippen molar-refractivity contribution < 1.29 is 9.53 Å². The number of hydrogen-bond acceptors (Lipinski definition) is 5. The molecule has 0 unspecified atom stereocenters. The van der Waals surface area contributed by atoms with Crippen molar-refractivity contribution in [1.29, 1.82) is 0 Å². The van der Waals surface area contributed by atoms with Gasteiger partial charge in [-0.15, -0.1) is 0 Å². The molecule has 3 fully saturated rings. The fraction of sp³-hybridized carbons (Fsp3) is 0.722. The molecule has 4 rings (SSSR count). The minimum Gasteiger partial charge on any atom is -0.373 e. The van der Waals surface area contributed by atoms with Crippen LogP contribution in [0.5, 0.6) is 0 Å². The van der Waals surface area contributed by atoms with E-state index in [0.29, 0.717) is 6.04 Å². The molecule has 3 aliphatic rings. The fourth-order valence-electron chi connectivity index (χ4n) is 4.28. The van der Waals surface area contributed by atoms with E-state index < -0.39 is 0 Å². The van der Waals surface area contributed by atoms with Gasteiger partial charge in [0.2, 0.25) is 0 Å². The molecular weight excluding hydrogens is 322 g/mol. The molecule has 1 aromatic heterocycles. The predicted octanol–water partition coefficient (Wildman–Crippen LogP) is 1.76. The molecule has 3 aliphatic heterocycles. The lowest BCUT2D eigenvalue weighted by Gasteiger charge is -2.40. The largest absolute Gasteiger partial charge is 0.373 e. The Morgan fingerprint density at radius 2 is 1.96 bits per heavy atom. The minimum atomic E-state index is 0.0133. The molecule has 3 saturated heterocycles. The SMILES string of the molecule is CN1CCN([C@H]2COC3(CCN(C(=O)c4ccsc4)CC3)C2)CC1. The third-order valence-electron chi connectivity index (χ3n) is 5.97. The summed E-state index contributed by atoms with van der Waals surface area (Å²) in [5.41, 5.74) is 0.845. The van der Waals surface area contributed by atoms with Crippen molar-refractivity contribution >= 4 is 17.2 Å². The number of hydrogen-bond donors (Lipinski definition) is 0. The molecule has 0 aliphatic carbocycles. The Balaban J connectivity index is 1.32. The van der Waals surface area contributed by atoms with Gasteiger partial charge in [-0.2, -0.15) is 11.3 Å². The minimum absolute atomic E-state index is 0.0133. The lowest BCUT2D eigenvalue weighted by atomic mass is 9.86. The second-order valence-corrected chi connectivity index (χ2v) is 8.28. The van der Waals surface area contributed by atoms with Gasteiger partial charge in [-0.25, -0.2) is 0 Å². The zero-order valence-electron chi connectivity index (χ0n) is 14.4. The van der Waals surface area contributed by atoms with Crippen LogP contribution in [0.2, 0.25) is 0 Å². The zero-order valence-corrected chi connectivity index (χ0v) is 15.3. The summed E-state index contributed by atoms with van der Waals surface area (Å²) in [7, 11) is 2.20. The summed E-state index contributed by atoms with van der Waals surface area (Å²) in [5.74, 6) is 0.180. The highest BCUT2D eigenvalue weighted by atomic mass is 32.1. The first-order valence-electron chi connectivity index (χ1n) is 9.03. The maximum atomic E-state index is 12.5. The maximum Gasteiger partial charge on any atom is 0.254 e. The van der Waals surface area contributed by atoms with Crippen LogP contribution in [0.4, 0.5) is 0 Å². The number of piperazine rings is 1. The Labute approximate surface area is 148 Å². The van der Waals surface area contributed by atoms with Crippen molar-refractivity contribution in [1.82, 2.24) is 14.7 Å². The number of likely N-dealkylation sites (N-methyl/N-ethyl adjacent to an activating group) is 1. The summed E-state index contributed by atoms with van der Waals surface area (Å²) in [6, 6.07) is 2.49. The molecule has 0 bridgehead atoms. The van der Waals surface area contributed by atoms with Gasteiger partial charge in [-0.1, -0.05) is 0 Å². The van der Waals surface area contributed by atoms with Crippen LogP contribution in [-0.4, -0.2) is 85.2 Å².